The largest absolute Gasteiger partial charge is 0.461 e. The Hall–Kier alpha value is -2.80. The Labute approximate surface area is 158 Å². The number of hydrogen-bond donors (Lipinski definition) is 0. The summed E-state index contributed by atoms with van der Waals surface area (Å²) >= 11 is 6.07. The minimum Gasteiger partial charge on any atom is -0.461 e. The zero-order chi connectivity index (χ0) is 19.4. The van der Waals surface area contributed by atoms with E-state index < -0.39 is 17.8 Å². The lowest BCUT2D eigenvalue weighted by molar-refractivity contribution is -0.144. The number of hydrogen-bond acceptors (Lipinski definition) is 3. The maximum absolute atomic E-state index is 13.1. The van der Waals surface area contributed by atoms with E-state index in [-0.39, 0.29) is 29.4 Å². The molecule has 0 amide bonds. The van der Waals surface area contributed by atoms with Gasteiger partial charge >= 0.3 is 12.1 Å². The van der Waals surface area contributed by atoms with Crippen LogP contribution in [0.15, 0.2) is 60.7 Å². The van der Waals surface area contributed by atoms with Gasteiger partial charge in [0.2, 0.25) is 0 Å². The van der Waals surface area contributed by atoms with E-state index in [1.165, 1.54) is 12.1 Å². The Balaban J connectivity index is 1.84. The van der Waals surface area contributed by atoms with E-state index in [0.717, 1.165) is 16.3 Å². The molecule has 0 aliphatic carbocycles. The fourth-order valence-corrected chi connectivity index (χ4v) is 2.67. The molecule has 8 heteroatoms. The summed E-state index contributed by atoms with van der Waals surface area (Å²) in [5, 5.41) is 3.80. The van der Waals surface area contributed by atoms with Crippen LogP contribution in [0, 0.1) is 0 Å². The first-order chi connectivity index (χ1) is 12.8. The van der Waals surface area contributed by atoms with Gasteiger partial charge in [-0.1, -0.05) is 54.1 Å². The van der Waals surface area contributed by atoms with Crippen molar-refractivity contribution in [3.63, 3.8) is 0 Å². The highest BCUT2D eigenvalue weighted by Gasteiger charge is 2.35. The molecule has 1 heterocycles. The third-order valence-electron chi connectivity index (χ3n) is 3.72. The van der Waals surface area contributed by atoms with Crippen LogP contribution in [0.25, 0.3) is 5.69 Å². The minimum atomic E-state index is -4.64. The van der Waals surface area contributed by atoms with Crippen LogP contribution >= 0.6 is 11.6 Å². The first-order valence-electron chi connectivity index (χ1n) is 7.95. The Morgan fingerprint density at radius 2 is 1.74 bits per heavy atom. The lowest BCUT2D eigenvalue weighted by Gasteiger charge is -2.09. The molecule has 3 rings (SSSR count). The summed E-state index contributed by atoms with van der Waals surface area (Å²) < 4.78 is 45.4. The van der Waals surface area contributed by atoms with Gasteiger partial charge in [0.25, 0.3) is 0 Å². The number of ether oxygens (including phenoxy) is 1. The average molecular weight is 395 g/mol. The van der Waals surface area contributed by atoms with Crippen molar-refractivity contribution < 1.29 is 22.7 Å². The summed E-state index contributed by atoms with van der Waals surface area (Å²) in [6.45, 7) is 0.0338. The Kier molecular flexibility index (Phi) is 5.51. The smallest absolute Gasteiger partial charge is 0.435 e. The zero-order valence-corrected chi connectivity index (χ0v) is 14.7. The molecule has 27 heavy (non-hydrogen) atoms. The third kappa shape index (κ3) is 4.68. The quantitative estimate of drug-likeness (QED) is 0.582. The lowest BCUT2D eigenvalue weighted by Crippen LogP contribution is -2.12. The number of para-hydroxylation sites is 1. The monoisotopic (exact) mass is 394 g/mol. The molecule has 0 radical (unpaired) electrons. The number of esters is 1. The lowest BCUT2D eigenvalue weighted by atomic mass is 10.2. The minimum absolute atomic E-state index is 0.0338. The third-order valence-corrected chi connectivity index (χ3v) is 4.04. The van der Waals surface area contributed by atoms with Crippen molar-refractivity contribution in [2.24, 2.45) is 0 Å². The van der Waals surface area contributed by atoms with Crippen LogP contribution in [0.2, 0.25) is 5.02 Å². The summed E-state index contributed by atoms with van der Waals surface area (Å²) in [5.41, 5.74) is -0.0382. The Morgan fingerprint density at radius 3 is 2.41 bits per heavy atom. The van der Waals surface area contributed by atoms with Crippen molar-refractivity contribution in [3.8, 4) is 5.69 Å². The average Bonchev–Trinajstić information content (AvgIpc) is 3.05. The summed E-state index contributed by atoms with van der Waals surface area (Å²) in [6, 6.07) is 16.1. The molecule has 0 aliphatic rings. The van der Waals surface area contributed by atoms with E-state index in [1.54, 1.807) is 36.4 Å². The van der Waals surface area contributed by atoms with Gasteiger partial charge in [0.05, 0.1) is 22.8 Å². The van der Waals surface area contributed by atoms with Crippen molar-refractivity contribution in [1.29, 1.82) is 0 Å². The number of aromatic nitrogens is 2. The van der Waals surface area contributed by atoms with Gasteiger partial charge in [-0.05, 0) is 23.8 Å². The highest BCUT2D eigenvalue weighted by atomic mass is 35.5. The van der Waals surface area contributed by atoms with Crippen LogP contribution in [0.1, 0.15) is 17.0 Å². The van der Waals surface area contributed by atoms with E-state index in [1.807, 2.05) is 6.07 Å². The first kappa shape index (κ1) is 19.0. The van der Waals surface area contributed by atoms with Crippen molar-refractivity contribution >= 4 is 17.6 Å². The second kappa shape index (κ2) is 7.84. The van der Waals surface area contributed by atoms with Crippen LogP contribution in [-0.2, 0) is 28.7 Å². The molecule has 0 N–H and O–H groups in total. The molecule has 0 bridgehead atoms. The standard InChI is InChI=1S/C19H14ClF3N2O2/c20-15-8-4-5-9-16(15)25-14(10-17(24-25)19(21,22)23)11-18(26)27-12-13-6-2-1-3-7-13/h1-10H,11-12H2. The Morgan fingerprint density at radius 1 is 1.07 bits per heavy atom. The normalized spacial score (nSPS) is 11.4. The Bertz CT molecular complexity index is 940. The van der Waals surface area contributed by atoms with Crippen LogP contribution in [0.3, 0.4) is 0 Å². The van der Waals surface area contributed by atoms with Crippen LogP contribution in [0.5, 0.6) is 0 Å². The molecule has 0 saturated carbocycles. The second-order valence-corrected chi connectivity index (χ2v) is 6.11. The van der Waals surface area contributed by atoms with Crippen LogP contribution in [-0.4, -0.2) is 15.7 Å². The van der Waals surface area contributed by atoms with Gasteiger partial charge in [-0.25, -0.2) is 4.68 Å². The van der Waals surface area contributed by atoms with E-state index in [0.29, 0.717) is 0 Å². The fourth-order valence-electron chi connectivity index (χ4n) is 2.45. The molecule has 0 atom stereocenters. The number of halogens is 4. The summed E-state index contributed by atoms with van der Waals surface area (Å²) in [5.74, 6) is -0.666. The number of carbonyl (C=O) groups excluding carboxylic acids is 1. The van der Waals surface area contributed by atoms with Gasteiger partial charge in [0.1, 0.15) is 6.61 Å². The van der Waals surface area contributed by atoms with Gasteiger partial charge in [0, 0.05) is 0 Å². The number of alkyl halides is 3. The number of benzene rings is 2. The van der Waals surface area contributed by atoms with Gasteiger partial charge in [-0.2, -0.15) is 18.3 Å². The highest BCUT2D eigenvalue weighted by molar-refractivity contribution is 6.32. The predicted octanol–water partition coefficient (Wildman–Crippen LogP) is 4.83. The molecule has 0 aliphatic heterocycles. The van der Waals surface area contributed by atoms with Crippen molar-refractivity contribution in [2.45, 2.75) is 19.2 Å². The van der Waals surface area contributed by atoms with Gasteiger partial charge in [-0.3, -0.25) is 4.79 Å². The molecule has 140 valence electrons. The van der Waals surface area contributed by atoms with Crippen molar-refractivity contribution in [2.75, 3.05) is 0 Å². The molecular formula is C19H14ClF3N2O2. The van der Waals surface area contributed by atoms with Crippen LogP contribution < -0.4 is 0 Å². The second-order valence-electron chi connectivity index (χ2n) is 5.70. The van der Waals surface area contributed by atoms with Gasteiger partial charge in [-0.15, -0.1) is 0 Å². The number of nitrogens with zero attached hydrogens (tertiary/aromatic N) is 2. The first-order valence-corrected chi connectivity index (χ1v) is 8.33. The molecule has 0 spiro atoms. The molecule has 0 fully saturated rings. The SMILES string of the molecule is O=C(Cc1cc(C(F)(F)F)nn1-c1ccccc1Cl)OCc1ccccc1. The van der Waals surface area contributed by atoms with Gasteiger partial charge < -0.3 is 4.74 Å². The fraction of sp³-hybridized carbons (Fsp3) is 0.158. The van der Waals surface area contributed by atoms with E-state index >= 15 is 0 Å². The molecule has 3 aromatic rings. The van der Waals surface area contributed by atoms with Crippen LogP contribution in [0.4, 0.5) is 13.2 Å². The number of carbonyl (C=O) groups is 1. The molecule has 2 aromatic carbocycles. The number of rotatable bonds is 5. The zero-order valence-electron chi connectivity index (χ0n) is 13.9. The van der Waals surface area contributed by atoms with Crippen molar-refractivity contribution in [3.05, 3.63) is 82.6 Å². The molecular weight excluding hydrogens is 381 g/mol. The molecule has 4 nitrogen and oxygen atoms in total. The predicted molar refractivity (Wildman–Crippen MR) is 93.5 cm³/mol. The maximum atomic E-state index is 13.1. The highest BCUT2D eigenvalue weighted by Crippen LogP contribution is 2.31. The van der Waals surface area contributed by atoms with E-state index in [2.05, 4.69) is 5.10 Å². The summed E-state index contributed by atoms with van der Waals surface area (Å²) in [6.07, 6.45) is -5.02. The van der Waals surface area contributed by atoms with E-state index in [9.17, 15) is 18.0 Å². The summed E-state index contributed by atoms with van der Waals surface area (Å²) in [4.78, 5) is 12.1. The molecule has 0 saturated heterocycles. The van der Waals surface area contributed by atoms with Gasteiger partial charge in [0.15, 0.2) is 5.69 Å². The van der Waals surface area contributed by atoms with Crippen molar-refractivity contribution in [1.82, 2.24) is 9.78 Å². The molecule has 0 unspecified atom stereocenters. The summed E-state index contributed by atoms with van der Waals surface area (Å²) in [7, 11) is 0. The molecule has 1 aromatic heterocycles. The maximum Gasteiger partial charge on any atom is 0.435 e. The topological polar surface area (TPSA) is 44.1 Å². The van der Waals surface area contributed by atoms with E-state index in [4.69, 9.17) is 16.3 Å².